The van der Waals surface area contributed by atoms with E-state index >= 15 is 0 Å². The second kappa shape index (κ2) is 44.7. The molecule has 0 aliphatic carbocycles. The number of carbonyl (C=O) groups excluding carboxylic acids is 2. The van der Waals surface area contributed by atoms with Crippen LogP contribution in [0, 0.1) is 23.7 Å². The minimum atomic E-state index is -0.529. The lowest BCUT2D eigenvalue weighted by atomic mass is 9.98. The van der Waals surface area contributed by atoms with Gasteiger partial charge in [0.2, 0.25) is 0 Å². The molecule has 0 aromatic carbocycles. The third-order valence-corrected chi connectivity index (χ3v) is 13.3. The Balaban J connectivity index is 4.91. The highest BCUT2D eigenvalue weighted by Crippen LogP contribution is 2.23. The largest absolute Gasteiger partial charge is 0.466 e. The van der Waals surface area contributed by atoms with Gasteiger partial charge >= 0.3 is 11.9 Å². The quantitative estimate of drug-likeness (QED) is 0.0274. The van der Waals surface area contributed by atoms with Crippen molar-refractivity contribution in [1.82, 2.24) is 4.90 Å². The normalized spacial score (nSPS) is 13.7. The number of esters is 2. The number of aliphatic hydroxyl groups excluding tert-OH is 1. The first kappa shape index (κ1) is 70.6. The summed E-state index contributed by atoms with van der Waals surface area (Å²) in [6.45, 7) is 47.6. The van der Waals surface area contributed by atoms with Gasteiger partial charge in [-0.2, -0.15) is 0 Å². The lowest BCUT2D eigenvalue weighted by Crippen LogP contribution is -2.27. The van der Waals surface area contributed by atoms with Crippen LogP contribution in [-0.2, 0) is 38.0 Å². The van der Waals surface area contributed by atoms with Crippen molar-refractivity contribution in [3.05, 3.63) is 95.2 Å². The molecule has 10 nitrogen and oxygen atoms in total. The highest BCUT2D eigenvalue weighted by molar-refractivity contribution is 5.69. The zero-order valence-electron chi connectivity index (χ0n) is 49.6. The van der Waals surface area contributed by atoms with Crippen molar-refractivity contribution in [1.29, 1.82) is 0 Å². The standard InChI is InChI=1S/C64H111NO9/c1-49(2)27-31-57(53(9)10)45-71-63(72-46-58(54(11)12)32-28-50(3)4)37-35-61(67)69-43-25-19-17-21-39-65(41-23-24-42-66)40-22-18-20-26-44-70-62(68)36-38-64(73-47-59(55(13)14)33-29-51(5)6)74-48-60(56(15)16)34-30-52(7)8/h27-30,57-60,63-64,66H,9,11,13,15,17-26,31-48H2,1-8,10,12,14,16H3. The molecule has 0 saturated carbocycles. The van der Waals surface area contributed by atoms with E-state index in [1.54, 1.807) is 0 Å². The Kier molecular flexibility index (Phi) is 42.7. The predicted molar refractivity (Wildman–Crippen MR) is 311 cm³/mol. The van der Waals surface area contributed by atoms with Crippen molar-refractivity contribution in [3.63, 3.8) is 0 Å². The molecule has 74 heavy (non-hydrogen) atoms. The third kappa shape index (κ3) is 40.9. The number of hydrogen-bond donors (Lipinski definition) is 1. The van der Waals surface area contributed by atoms with Crippen LogP contribution in [0.3, 0.4) is 0 Å². The van der Waals surface area contributed by atoms with Gasteiger partial charge in [0.25, 0.3) is 0 Å². The molecule has 0 heterocycles. The van der Waals surface area contributed by atoms with E-state index in [-0.39, 0.29) is 55.1 Å². The molecule has 0 radical (unpaired) electrons. The van der Waals surface area contributed by atoms with Crippen LogP contribution >= 0.6 is 0 Å². The third-order valence-electron chi connectivity index (χ3n) is 13.3. The van der Waals surface area contributed by atoms with Crippen molar-refractivity contribution < 1.29 is 43.1 Å². The predicted octanol–water partition coefficient (Wildman–Crippen LogP) is 15.7. The number of hydrogen-bond acceptors (Lipinski definition) is 10. The van der Waals surface area contributed by atoms with Crippen LogP contribution in [0.5, 0.6) is 0 Å². The molecule has 0 aromatic rings. The van der Waals surface area contributed by atoms with Gasteiger partial charge in [0.05, 0.1) is 52.5 Å². The van der Waals surface area contributed by atoms with Gasteiger partial charge < -0.3 is 38.4 Å². The summed E-state index contributed by atoms with van der Waals surface area (Å²) >= 11 is 0. The average molecular weight is 1040 g/mol. The monoisotopic (exact) mass is 1040 g/mol. The second-order valence-corrected chi connectivity index (χ2v) is 22.1. The summed E-state index contributed by atoms with van der Waals surface area (Å²) in [5.74, 6) is 0.215. The Labute approximate surface area is 454 Å². The average Bonchev–Trinajstić information content (AvgIpc) is 3.32. The van der Waals surface area contributed by atoms with Crippen LogP contribution in [-0.4, -0.2) is 100 Å². The highest BCUT2D eigenvalue weighted by Gasteiger charge is 2.21. The minimum Gasteiger partial charge on any atom is -0.466 e. The molecular weight excluding hydrogens is 927 g/mol. The number of aliphatic hydroxyl groups is 1. The van der Waals surface area contributed by atoms with E-state index in [1.165, 1.54) is 22.3 Å². The van der Waals surface area contributed by atoms with Crippen LogP contribution in [0.25, 0.3) is 0 Å². The molecule has 0 amide bonds. The van der Waals surface area contributed by atoms with Crippen molar-refractivity contribution in [3.8, 4) is 0 Å². The Hall–Kier alpha value is -3.38. The van der Waals surface area contributed by atoms with Gasteiger partial charge in [0, 0.05) is 43.1 Å². The van der Waals surface area contributed by atoms with E-state index in [0.29, 0.717) is 52.5 Å². The number of allylic oxidation sites excluding steroid dienone is 8. The Morgan fingerprint density at radius 2 is 0.689 bits per heavy atom. The van der Waals surface area contributed by atoms with Gasteiger partial charge in [-0.1, -0.05) is 121 Å². The van der Waals surface area contributed by atoms with Gasteiger partial charge in [-0.15, -0.1) is 0 Å². The highest BCUT2D eigenvalue weighted by atomic mass is 16.7. The first-order chi connectivity index (χ1) is 35.1. The van der Waals surface area contributed by atoms with Crippen LogP contribution in [0.1, 0.15) is 199 Å². The molecule has 1 N–H and O–H groups in total. The fourth-order valence-corrected chi connectivity index (χ4v) is 7.83. The first-order valence-corrected chi connectivity index (χ1v) is 28.4. The fraction of sp³-hybridized carbons (Fsp3) is 0.719. The summed E-state index contributed by atoms with van der Waals surface area (Å²) in [5.41, 5.74) is 9.31. The van der Waals surface area contributed by atoms with Crippen molar-refractivity contribution in [2.24, 2.45) is 23.7 Å². The van der Waals surface area contributed by atoms with E-state index in [0.717, 1.165) is 132 Å². The van der Waals surface area contributed by atoms with Crippen LogP contribution in [0.4, 0.5) is 0 Å². The summed E-state index contributed by atoms with van der Waals surface area (Å²) in [4.78, 5) is 28.3. The van der Waals surface area contributed by atoms with Crippen LogP contribution in [0.15, 0.2) is 95.2 Å². The number of rotatable bonds is 48. The minimum absolute atomic E-state index is 0.167. The van der Waals surface area contributed by atoms with Crippen LogP contribution < -0.4 is 0 Å². The molecule has 4 atom stereocenters. The molecule has 0 bridgehead atoms. The maximum absolute atomic E-state index is 12.9. The number of unbranched alkanes of at least 4 members (excludes halogenated alkanes) is 7. The van der Waals surface area contributed by atoms with E-state index in [9.17, 15) is 14.7 Å². The van der Waals surface area contributed by atoms with E-state index < -0.39 is 12.6 Å². The molecule has 0 saturated heterocycles. The zero-order valence-corrected chi connectivity index (χ0v) is 49.6. The Bertz CT molecular complexity index is 1490. The second-order valence-electron chi connectivity index (χ2n) is 22.1. The lowest BCUT2D eigenvalue weighted by molar-refractivity contribution is -0.165. The Morgan fingerprint density at radius 1 is 0.419 bits per heavy atom. The summed E-state index contributed by atoms with van der Waals surface area (Å²) in [7, 11) is 0. The van der Waals surface area contributed by atoms with Gasteiger partial charge in [0.1, 0.15) is 0 Å². The topological polar surface area (TPSA) is 113 Å². The summed E-state index contributed by atoms with van der Waals surface area (Å²) in [6.07, 6.45) is 22.2. The van der Waals surface area contributed by atoms with Crippen molar-refractivity contribution in [2.75, 3.05) is 65.9 Å². The number of carbonyl (C=O) groups is 2. The number of ether oxygens (including phenoxy) is 6. The summed E-state index contributed by atoms with van der Waals surface area (Å²) in [6, 6.07) is 0. The number of nitrogens with zero attached hydrogens (tertiary/aromatic N) is 1. The molecule has 0 aliphatic rings. The first-order valence-electron chi connectivity index (χ1n) is 28.4. The smallest absolute Gasteiger partial charge is 0.305 e. The van der Waals surface area contributed by atoms with E-state index in [4.69, 9.17) is 28.4 Å². The van der Waals surface area contributed by atoms with Gasteiger partial charge in [-0.05, 0) is 167 Å². The maximum Gasteiger partial charge on any atom is 0.305 e. The Morgan fingerprint density at radius 3 is 0.946 bits per heavy atom. The molecule has 10 heteroatoms. The van der Waals surface area contributed by atoms with Gasteiger partial charge in [-0.25, -0.2) is 0 Å². The molecular formula is C64H111NO9. The maximum atomic E-state index is 12.9. The zero-order chi connectivity index (χ0) is 55.7. The lowest BCUT2D eigenvalue weighted by Gasteiger charge is -2.25. The van der Waals surface area contributed by atoms with E-state index in [2.05, 4.69) is 111 Å². The van der Waals surface area contributed by atoms with Gasteiger partial charge in [-0.3, -0.25) is 9.59 Å². The summed E-state index contributed by atoms with van der Waals surface area (Å²) in [5, 5.41) is 9.42. The van der Waals surface area contributed by atoms with Gasteiger partial charge in [0.15, 0.2) is 12.6 Å². The molecule has 0 fully saturated rings. The SMILES string of the molecule is C=C(C)C(CC=C(C)C)COC(CCC(=O)OCCCCCCN(CCCCO)CCCCCCOC(=O)CCC(OCC(CC=C(C)C)C(=C)C)OCC(CC=C(C)C)C(=C)C)OCC(CC=C(C)C)C(=C)C. The molecule has 4 unspecified atom stereocenters. The van der Waals surface area contributed by atoms with E-state index in [1.807, 2.05) is 27.7 Å². The van der Waals surface area contributed by atoms with Crippen molar-refractivity contribution in [2.45, 2.75) is 211 Å². The molecule has 0 rings (SSSR count). The molecule has 0 aliphatic heterocycles. The molecule has 0 aromatic heterocycles. The summed E-state index contributed by atoms with van der Waals surface area (Å²) < 4.78 is 36.7. The van der Waals surface area contributed by atoms with Crippen LogP contribution in [0.2, 0.25) is 0 Å². The van der Waals surface area contributed by atoms with Crippen molar-refractivity contribution >= 4 is 11.9 Å². The molecule has 426 valence electrons. The fourth-order valence-electron chi connectivity index (χ4n) is 7.83. The molecule has 0 spiro atoms.